The molecule has 39 heavy (non-hydrogen) atoms. The highest BCUT2D eigenvalue weighted by molar-refractivity contribution is 6.11. The van der Waals surface area contributed by atoms with E-state index in [0.29, 0.717) is 34.8 Å². The minimum atomic E-state index is -1.65. The van der Waals surface area contributed by atoms with E-state index in [1.165, 1.54) is 14.2 Å². The average molecular weight is 539 g/mol. The molecule has 0 saturated carbocycles. The van der Waals surface area contributed by atoms with Crippen LogP contribution in [0.3, 0.4) is 0 Å². The van der Waals surface area contributed by atoms with Crippen LogP contribution in [0.2, 0.25) is 0 Å². The van der Waals surface area contributed by atoms with Gasteiger partial charge in [0.2, 0.25) is 0 Å². The van der Waals surface area contributed by atoms with Crippen LogP contribution in [-0.2, 0) is 11.3 Å². The van der Waals surface area contributed by atoms with Crippen molar-refractivity contribution in [1.29, 1.82) is 0 Å². The molecule has 202 valence electrons. The summed E-state index contributed by atoms with van der Waals surface area (Å²) in [6.07, 6.45) is 1.61. The quantitative estimate of drug-likeness (QED) is 0.207. The van der Waals surface area contributed by atoms with E-state index in [1.54, 1.807) is 35.9 Å². The lowest BCUT2D eigenvalue weighted by Crippen LogP contribution is -2.20. The van der Waals surface area contributed by atoms with Gasteiger partial charge in [0.25, 0.3) is 5.91 Å². The predicted octanol–water partition coefficient (Wildman–Crippen LogP) is 6.07. The van der Waals surface area contributed by atoms with Crippen LogP contribution < -0.4 is 14.8 Å². The number of benzene rings is 3. The molecule has 1 amide bonds. The van der Waals surface area contributed by atoms with Gasteiger partial charge in [-0.1, -0.05) is 36.4 Å². The molecule has 0 unspecified atom stereocenters. The minimum Gasteiger partial charge on any atom is -0.493 e. The minimum absolute atomic E-state index is 0.0293. The van der Waals surface area contributed by atoms with Gasteiger partial charge in [0.05, 0.1) is 26.5 Å². The molecule has 0 aliphatic carbocycles. The lowest BCUT2D eigenvalue weighted by Gasteiger charge is -2.14. The Morgan fingerprint density at radius 1 is 0.897 bits per heavy atom. The van der Waals surface area contributed by atoms with Crippen LogP contribution in [0.4, 0.5) is 18.9 Å². The van der Waals surface area contributed by atoms with E-state index in [4.69, 9.17) is 14.2 Å². The maximum Gasteiger partial charge on any atom is 0.357 e. The topological polar surface area (TPSA) is 78.8 Å². The Bertz CT molecular complexity index is 1520. The summed E-state index contributed by atoms with van der Waals surface area (Å²) in [7, 11) is 2.92. The number of rotatable bonds is 9. The van der Waals surface area contributed by atoms with E-state index in [-0.39, 0.29) is 24.5 Å². The predicted molar refractivity (Wildman–Crippen MR) is 139 cm³/mol. The molecule has 0 radical (unpaired) electrons. The highest BCUT2D eigenvalue weighted by Gasteiger charge is 2.29. The molecule has 1 heterocycles. The number of anilines is 1. The number of hydrogen-bond acceptors (Lipinski definition) is 5. The summed E-state index contributed by atoms with van der Waals surface area (Å²) in [4.78, 5) is 26.4. The Balaban J connectivity index is 1.94. The Kier molecular flexibility index (Phi) is 8.24. The van der Waals surface area contributed by atoms with Crippen LogP contribution in [0, 0.1) is 17.5 Å². The number of carbonyl (C=O) groups is 2. The fourth-order valence-corrected chi connectivity index (χ4v) is 4.14. The smallest absolute Gasteiger partial charge is 0.357 e. The lowest BCUT2D eigenvalue weighted by molar-refractivity contribution is 0.0515. The van der Waals surface area contributed by atoms with E-state index in [2.05, 4.69) is 5.32 Å². The van der Waals surface area contributed by atoms with Crippen molar-refractivity contribution >= 4 is 17.6 Å². The van der Waals surface area contributed by atoms with Gasteiger partial charge in [-0.3, -0.25) is 4.79 Å². The standard InChI is InChI=1S/C29H25F3N2O5/c1-4-39-29(36)27-26(33-28(35)24-20(30)11-12-21(31)25(24)32)19(16-34(27)15-17-8-6-5-7-9-17)18-10-13-22(37-2)23(14-18)38-3/h5-14,16H,4,15H2,1-3H3,(H,33,35). The first-order chi connectivity index (χ1) is 18.8. The molecular formula is C29H25F3N2O5. The molecule has 0 spiro atoms. The van der Waals surface area contributed by atoms with Gasteiger partial charge < -0.3 is 24.1 Å². The first-order valence-corrected chi connectivity index (χ1v) is 11.9. The van der Waals surface area contributed by atoms with Crippen molar-refractivity contribution in [3.8, 4) is 22.6 Å². The zero-order valence-electron chi connectivity index (χ0n) is 21.4. The Morgan fingerprint density at radius 2 is 1.59 bits per heavy atom. The highest BCUT2D eigenvalue weighted by Crippen LogP contribution is 2.39. The second kappa shape index (κ2) is 11.8. The number of aromatic nitrogens is 1. The van der Waals surface area contributed by atoms with Crippen LogP contribution >= 0.6 is 0 Å². The molecule has 0 bridgehead atoms. The van der Waals surface area contributed by atoms with Crippen LogP contribution in [0.1, 0.15) is 33.3 Å². The van der Waals surface area contributed by atoms with Crippen molar-refractivity contribution in [2.75, 3.05) is 26.1 Å². The van der Waals surface area contributed by atoms with Crippen LogP contribution in [-0.4, -0.2) is 37.3 Å². The number of carbonyl (C=O) groups excluding carboxylic acids is 2. The number of nitrogens with one attached hydrogen (secondary N) is 1. The summed E-state index contributed by atoms with van der Waals surface area (Å²) in [5, 5.41) is 2.44. The first kappa shape index (κ1) is 27.3. The second-order valence-corrected chi connectivity index (χ2v) is 8.34. The summed E-state index contributed by atoms with van der Waals surface area (Å²) in [5.74, 6) is -5.58. The second-order valence-electron chi connectivity index (χ2n) is 8.34. The number of methoxy groups -OCH3 is 2. The number of nitrogens with zero attached hydrogens (tertiary/aromatic N) is 1. The maximum absolute atomic E-state index is 14.5. The Hall–Kier alpha value is -4.73. The van der Waals surface area contributed by atoms with Crippen molar-refractivity contribution < 1.29 is 37.0 Å². The average Bonchev–Trinajstić information content (AvgIpc) is 3.28. The Labute approximate surface area is 222 Å². The van der Waals surface area contributed by atoms with Crippen LogP contribution in [0.25, 0.3) is 11.1 Å². The number of hydrogen-bond donors (Lipinski definition) is 1. The van der Waals surface area contributed by atoms with Gasteiger partial charge in [0, 0.05) is 18.3 Å². The molecule has 0 fully saturated rings. The van der Waals surface area contributed by atoms with Crippen molar-refractivity contribution in [2.24, 2.45) is 0 Å². The molecule has 7 nitrogen and oxygen atoms in total. The van der Waals surface area contributed by atoms with E-state index in [1.807, 2.05) is 30.3 Å². The number of ether oxygens (including phenoxy) is 3. The normalized spacial score (nSPS) is 10.7. The molecule has 0 saturated heterocycles. The first-order valence-electron chi connectivity index (χ1n) is 11.9. The molecule has 3 aromatic carbocycles. The zero-order chi connectivity index (χ0) is 28.1. The van der Waals surface area contributed by atoms with Gasteiger partial charge in [0.1, 0.15) is 11.4 Å². The summed E-state index contributed by atoms with van der Waals surface area (Å²) in [6, 6.07) is 15.3. The van der Waals surface area contributed by atoms with Gasteiger partial charge in [-0.2, -0.15) is 0 Å². The van der Waals surface area contributed by atoms with Crippen molar-refractivity contribution in [2.45, 2.75) is 13.5 Å². The van der Waals surface area contributed by atoms with Crippen molar-refractivity contribution in [1.82, 2.24) is 4.57 Å². The molecule has 10 heteroatoms. The fraction of sp³-hybridized carbons (Fsp3) is 0.172. The summed E-state index contributed by atoms with van der Waals surface area (Å²) < 4.78 is 60.4. The molecule has 1 N–H and O–H groups in total. The molecular weight excluding hydrogens is 513 g/mol. The lowest BCUT2D eigenvalue weighted by atomic mass is 10.1. The zero-order valence-corrected chi connectivity index (χ0v) is 21.4. The van der Waals surface area contributed by atoms with E-state index in [9.17, 15) is 22.8 Å². The van der Waals surface area contributed by atoms with Gasteiger partial charge in [-0.05, 0) is 42.3 Å². The molecule has 1 aromatic heterocycles. The van der Waals surface area contributed by atoms with Gasteiger partial charge in [0.15, 0.2) is 28.8 Å². The third-order valence-corrected chi connectivity index (χ3v) is 5.95. The maximum atomic E-state index is 14.5. The largest absolute Gasteiger partial charge is 0.493 e. The number of amides is 1. The fourth-order valence-electron chi connectivity index (χ4n) is 4.14. The summed E-state index contributed by atoms with van der Waals surface area (Å²) >= 11 is 0. The summed E-state index contributed by atoms with van der Waals surface area (Å²) in [5.41, 5.74) is 0.359. The van der Waals surface area contributed by atoms with Crippen molar-refractivity contribution in [3.63, 3.8) is 0 Å². The monoisotopic (exact) mass is 538 g/mol. The van der Waals surface area contributed by atoms with Crippen molar-refractivity contribution in [3.05, 3.63) is 101 Å². The molecule has 0 aliphatic rings. The SMILES string of the molecule is CCOC(=O)c1c(NC(=O)c2c(F)ccc(F)c2F)c(-c2ccc(OC)c(OC)c2)cn1Cc1ccccc1. The highest BCUT2D eigenvalue weighted by atomic mass is 19.2. The van der Waals surface area contributed by atoms with Crippen LogP contribution in [0.15, 0.2) is 66.9 Å². The third-order valence-electron chi connectivity index (χ3n) is 5.95. The van der Waals surface area contributed by atoms with Gasteiger partial charge >= 0.3 is 5.97 Å². The van der Waals surface area contributed by atoms with E-state index >= 15 is 0 Å². The molecule has 4 aromatic rings. The van der Waals surface area contributed by atoms with Crippen LogP contribution in [0.5, 0.6) is 11.5 Å². The molecule has 4 rings (SSSR count). The number of halogens is 3. The van der Waals surface area contributed by atoms with Gasteiger partial charge in [-0.25, -0.2) is 18.0 Å². The Morgan fingerprint density at radius 3 is 2.26 bits per heavy atom. The van der Waals surface area contributed by atoms with Gasteiger partial charge in [-0.15, -0.1) is 0 Å². The number of esters is 1. The molecule has 0 aliphatic heterocycles. The molecule has 0 atom stereocenters. The van der Waals surface area contributed by atoms with E-state index in [0.717, 1.165) is 5.56 Å². The third kappa shape index (κ3) is 5.59. The van der Waals surface area contributed by atoms with E-state index < -0.39 is 34.9 Å². The summed E-state index contributed by atoms with van der Waals surface area (Å²) in [6.45, 7) is 1.85.